The second kappa shape index (κ2) is 14.4. The fourth-order valence-corrected chi connectivity index (χ4v) is 3.66. The molecule has 0 aliphatic heterocycles. The Kier molecular flexibility index (Phi) is 11.8. The Morgan fingerprint density at radius 3 is 1.53 bits per heavy atom. The van der Waals surface area contributed by atoms with Crippen LogP contribution in [0.4, 0.5) is 0 Å². The topological polar surface area (TPSA) is 71.1 Å². The third-order valence-corrected chi connectivity index (χ3v) is 5.51. The zero-order valence-electron chi connectivity index (χ0n) is 18.6. The van der Waals surface area contributed by atoms with Crippen LogP contribution in [0.15, 0.2) is 24.3 Å². The molecule has 30 heavy (non-hydrogen) atoms. The van der Waals surface area contributed by atoms with Crippen molar-refractivity contribution in [3.8, 4) is 0 Å². The van der Waals surface area contributed by atoms with E-state index in [1.165, 1.54) is 0 Å². The molecule has 2 aliphatic carbocycles. The summed E-state index contributed by atoms with van der Waals surface area (Å²) in [7, 11) is 0. The smallest absolute Gasteiger partial charge is 0.311 e. The van der Waals surface area contributed by atoms with Crippen LogP contribution in [-0.2, 0) is 28.5 Å². The summed E-state index contributed by atoms with van der Waals surface area (Å²) in [4.78, 5) is 24.1. The van der Waals surface area contributed by atoms with Crippen molar-refractivity contribution < 1.29 is 28.5 Å². The van der Waals surface area contributed by atoms with Crippen LogP contribution in [0.5, 0.6) is 0 Å². The van der Waals surface area contributed by atoms with Crippen molar-refractivity contribution in [2.75, 3.05) is 13.2 Å². The number of hydrogen-bond donors (Lipinski definition) is 0. The largest absolute Gasteiger partial charge is 0.436 e. The third kappa shape index (κ3) is 9.90. The van der Waals surface area contributed by atoms with Crippen LogP contribution in [0.1, 0.15) is 78.1 Å². The Hall–Kier alpha value is -1.66. The quantitative estimate of drug-likeness (QED) is 0.179. The molecule has 0 saturated carbocycles. The van der Waals surface area contributed by atoms with Gasteiger partial charge in [0.15, 0.2) is 12.6 Å². The van der Waals surface area contributed by atoms with Crippen molar-refractivity contribution in [2.24, 2.45) is 11.8 Å². The Morgan fingerprint density at radius 1 is 0.733 bits per heavy atom. The SMILES string of the molecule is CC(OCCCCCCOC(C)OC(=O)C1CC=CCC1)OC(=O)C1CC=CCC1. The van der Waals surface area contributed by atoms with Crippen LogP contribution in [0.25, 0.3) is 0 Å². The van der Waals surface area contributed by atoms with Crippen LogP contribution < -0.4 is 0 Å². The maximum atomic E-state index is 12.0. The molecule has 2 rings (SSSR count). The molecule has 2 aliphatic rings. The minimum atomic E-state index is -0.498. The fraction of sp³-hybridized carbons (Fsp3) is 0.750. The summed E-state index contributed by atoms with van der Waals surface area (Å²) in [6.07, 6.45) is 16.3. The van der Waals surface area contributed by atoms with E-state index in [0.717, 1.165) is 64.2 Å². The zero-order valence-corrected chi connectivity index (χ0v) is 18.6. The monoisotopic (exact) mass is 422 g/mol. The molecule has 0 aromatic rings. The summed E-state index contributed by atoms with van der Waals surface area (Å²) in [5.74, 6) is -0.359. The van der Waals surface area contributed by atoms with E-state index in [9.17, 15) is 9.59 Å². The maximum Gasteiger partial charge on any atom is 0.311 e. The highest BCUT2D eigenvalue weighted by molar-refractivity contribution is 5.73. The van der Waals surface area contributed by atoms with Crippen LogP contribution >= 0.6 is 0 Å². The van der Waals surface area contributed by atoms with Gasteiger partial charge in [0.05, 0.1) is 25.0 Å². The van der Waals surface area contributed by atoms with E-state index in [4.69, 9.17) is 18.9 Å². The van der Waals surface area contributed by atoms with Gasteiger partial charge in [-0.05, 0) is 65.2 Å². The molecule has 0 amide bonds. The third-order valence-electron chi connectivity index (χ3n) is 5.51. The lowest BCUT2D eigenvalue weighted by Gasteiger charge is -2.20. The van der Waals surface area contributed by atoms with Crippen molar-refractivity contribution >= 4 is 11.9 Å². The second-order valence-corrected chi connectivity index (χ2v) is 8.13. The van der Waals surface area contributed by atoms with Crippen LogP contribution in [-0.4, -0.2) is 37.7 Å². The summed E-state index contributed by atoms with van der Waals surface area (Å²) in [5, 5.41) is 0. The van der Waals surface area contributed by atoms with Gasteiger partial charge in [-0.3, -0.25) is 9.59 Å². The normalized spacial score (nSPS) is 23.0. The molecule has 170 valence electrons. The molecule has 4 atom stereocenters. The predicted molar refractivity (Wildman–Crippen MR) is 114 cm³/mol. The zero-order chi connectivity index (χ0) is 21.6. The maximum absolute atomic E-state index is 12.0. The average Bonchev–Trinajstić information content (AvgIpc) is 2.76. The highest BCUT2D eigenvalue weighted by atomic mass is 16.7. The summed E-state index contributed by atoms with van der Waals surface area (Å²) in [6, 6.07) is 0. The van der Waals surface area contributed by atoms with Gasteiger partial charge in [0, 0.05) is 0 Å². The number of hydrogen-bond acceptors (Lipinski definition) is 6. The van der Waals surface area contributed by atoms with E-state index < -0.39 is 12.6 Å². The molecule has 6 nitrogen and oxygen atoms in total. The molecule has 0 spiro atoms. The molecule has 0 N–H and O–H groups in total. The highest BCUT2D eigenvalue weighted by Gasteiger charge is 2.23. The summed E-state index contributed by atoms with van der Waals surface area (Å²) < 4.78 is 21.9. The van der Waals surface area contributed by atoms with Gasteiger partial charge >= 0.3 is 11.9 Å². The first kappa shape index (κ1) is 24.6. The minimum Gasteiger partial charge on any atom is -0.436 e. The Labute approximate surface area is 181 Å². The highest BCUT2D eigenvalue weighted by Crippen LogP contribution is 2.21. The van der Waals surface area contributed by atoms with Crippen molar-refractivity contribution in [3.63, 3.8) is 0 Å². The van der Waals surface area contributed by atoms with Gasteiger partial charge in [-0.2, -0.15) is 0 Å². The summed E-state index contributed by atoms with van der Waals surface area (Å²) in [6.45, 7) is 4.70. The van der Waals surface area contributed by atoms with E-state index in [2.05, 4.69) is 12.2 Å². The number of esters is 2. The number of carbonyl (C=O) groups is 2. The van der Waals surface area contributed by atoms with Crippen molar-refractivity contribution in [2.45, 2.75) is 90.6 Å². The van der Waals surface area contributed by atoms with Crippen molar-refractivity contribution in [3.05, 3.63) is 24.3 Å². The van der Waals surface area contributed by atoms with Crippen molar-refractivity contribution in [1.29, 1.82) is 0 Å². The Bertz CT molecular complexity index is 520. The minimum absolute atomic E-state index is 0.0257. The summed E-state index contributed by atoms with van der Waals surface area (Å²) in [5.41, 5.74) is 0. The van der Waals surface area contributed by atoms with E-state index in [0.29, 0.717) is 13.2 Å². The number of rotatable bonds is 13. The van der Waals surface area contributed by atoms with E-state index in [1.54, 1.807) is 13.8 Å². The van der Waals surface area contributed by atoms with E-state index >= 15 is 0 Å². The fourth-order valence-electron chi connectivity index (χ4n) is 3.66. The van der Waals surface area contributed by atoms with Gasteiger partial charge in [0.25, 0.3) is 0 Å². The number of allylic oxidation sites excluding steroid dienone is 4. The molecule has 0 aromatic heterocycles. The molecule has 0 bridgehead atoms. The van der Waals surface area contributed by atoms with E-state index in [-0.39, 0.29) is 23.8 Å². The first-order valence-electron chi connectivity index (χ1n) is 11.5. The van der Waals surface area contributed by atoms with Gasteiger partial charge in [0.1, 0.15) is 0 Å². The lowest BCUT2D eigenvalue weighted by atomic mass is 9.95. The number of carbonyl (C=O) groups excluding carboxylic acids is 2. The Balaban J connectivity index is 1.41. The standard InChI is InChI=1S/C24H38O6/c1-19(29-23(25)21-13-7-5-8-14-21)27-17-11-3-4-12-18-28-20(2)30-24(26)22-15-9-6-10-16-22/h5-7,9,19-22H,3-4,8,10-18H2,1-2H3. The van der Waals surface area contributed by atoms with Gasteiger partial charge in [-0.25, -0.2) is 0 Å². The molecule has 0 heterocycles. The molecule has 0 saturated heterocycles. The molecule has 0 radical (unpaired) electrons. The number of unbranched alkanes of at least 4 members (excludes halogenated alkanes) is 3. The lowest BCUT2D eigenvalue weighted by Crippen LogP contribution is -2.25. The van der Waals surface area contributed by atoms with Gasteiger partial charge in [-0.1, -0.05) is 37.1 Å². The van der Waals surface area contributed by atoms with E-state index in [1.807, 2.05) is 12.2 Å². The predicted octanol–water partition coefficient (Wildman–Crippen LogP) is 5.07. The van der Waals surface area contributed by atoms with Gasteiger partial charge < -0.3 is 18.9 Å². The first-order chi connectivity index (χ1) is 14.6. The van der Waals surface area contributed by atoms with Crippen LogP contribution in [0, 0.1) is 11.8 Å². The first-order valence-corrected chi connectivity index (χ1v) is 11.5. The summed E-state index contributed by atoms with van der Waals surface area (Å²) >= 11 is 0. The van der Waals surface area contributed by atoms with Gasteiger partial charge in [0.2, 0.25) is 0 Å². The van der Waals surface area contributed by atoms with Crippen LogP contribution in [0.3, 0.4) is 0 Å². The van der Waals surface area contributed by atoms with Crippen LogP contribution in [0.2, 0.25) is 0 Å². The molecule has 4 unspecified atom stereocenters. The van der Waals surface area contributed by atoms with Crippen molar-refractivity contribution in [1.82, 2.24) is 0 Å². The molecular formula is C24H38O6. The molecule has 6 heteroatoms. The number of ether oxygens (including phenoxy) is 4. The lowest BCUT2D eigenvalue weighted by molar-refractivity contribution is -0.181. The second-order valence-electron chi connectivity index (χ2n) is 8.13. The molecule has 0 aromatic carbocycles. The molecule has 0 fully saturated rings. The Morgan fingerprint density at radius 2 is 1.17 bits per heavy atom. The molecular weight excluding hydrogens is 384 g/mol. The van der Waals surface area contributed by atoms with Gasteiger partial charge in [-0.15, -0.1) is 0 Å². The average molecular weight is 423 g/mol.